The zero-order chi connectivity index (χ0) is 14.2. The predicted octanol–water partition coefficient (Wildman–Crippen LogP) is -3.43. The minimum absolute atomic E-state index is 0.0247. The Labute approximate surface area is 109 Å². The second-order valence-electron chi connectivity index (χ2n) is 4.63. The van der Waals surface area contributed by atoms with Crippen molar-refractivity contribution in [2.24, 2.45) is 11.5 Å². The molecule has 0 radical (unpaired) electrons. The first-order valence-electron chi connectivity index (χ1n) is 5.85. The number of hydrogen-bond donors (Lipinski definition) is 6. The molecule has 10 heteroatoms. The Morgan fingerprint density at radius 3 is 2.47 bits per heavy atom. The number of rotatable bonds is 3. The van der Waals surface area contributed by atoms with E-state index in [9.17, 15) is 10.2 Å². The van der Waals surface area contributed by atoms with E-state index in [1.54, 1.807) is 0 Å². The zero-order valence-corrected chi connectivity index (χ0v) is 10.3. The molecule has 5 atom stereocenters. The number of aliphatic hydroxyl groups is 2. The van der Waals surface area contributed by atoms with Gasteiger partial charge in [-0.3, -0.25) is 0 Å². The van der Waals surface area contributed by atoms with E-state index in [2.05, 4.69) is 10.1 Å². The molecular weight excluding hydrogens is 254 g/mol. The largest absolute Gasteiger partial charge is 0.389 e. The summed E-state index contributed by atoms with van der Waals surface area (Å²) < 4.78 is 6.67. The van der Waals surface area contributed by atoms with Crippen LogP contribution in [0.15, 0.2) is 0 Å². The van der Waals surface area contributed by atoms with E-state index >= 15 is 0 Å². The molecule has 1 aliphatic rings. The van der Waals surface area contributed by atoms with E-state index in [-0.39, 0.29) is 18.6 Å². The molecule has 1 aromatic rings. The molecule has 10 N–H and O–H groups in total. The van der Waals surface area contributed by atoms with Gasteiger partial charge in [0, 0.05) is 12.1 Å². The maximum atomic E-state index is 9.89. The van der Waals surface area contributed by atoms with Crippen molar-refractivity contribution in [1.82, 2.24) is 14.8 Å². The van der Waals surface area contributed by atoms with Crippen molar-refractivity contribution in [2.75, 3.05) is 11.5 Å². The highest BCUT2D eigenvalue weighted by molar-refractivity contribution is 5.25. The van der Waals surface area contributed by atoms with Gasteiger partial charge in [0.05, 0.1) is 6.10 Å². The lowest BCUT2D eigenvalue weighted by Gasteiger charge is -2.39. The van der Waals surface area contributed by atoms with Gasteiger partial charge < -0.3 is 37.9 Å². The van der Waals surface area contributed by atoms with E-state index in [4.69, 9.17) is 27.7 Å². The highest BCUT2D eigenvalue weighted by Crippen LogP contribution is 2.21. The van der Waals surface area contributed by atoms with Crippen LogP contribution >= 0.6 is 0 Å². The van der Waals surface area contributed by atoms with Gasteiger partial charge in [0.25, 0.3) is 0 Å². The summed E-state index contributed by atoms with van der Waals surface area (Å²) in [5.41, 5.74) is 22.4. The average Bonchev–Trinajstić information content (AvgIpc) is 2.65. The lowest BCUT2D eigenvalue weighted by atomic mass is 9.85. The van der Waals surface area contributed by atoms with Crippen molar-refractivity contribution in [2.45, 2.75) is 43.5 Å². The molecule has 1 saturated carbocycles. The van der Waals surface area contributed by atoms with Crippen LogP contribution in [-0.2, 0) is 11.5 Å². The zero-order valence-electron chi connectivity index (χ0n) is 10.3. The van der Waals surface area contributed by atoms with Gasteiger partial charge in [-0.2, -0.15) is 4.98 Å². The third kappa shape index (κ3) is 2.77. The van der Waals surface area contributed by atoms with E-state index < -0.39 is 30.4 Å². The maximum Gasteiger partial charge on any atom is 0.241 e. The minimum Gasteiger partial charge on any atom is -0.389 e. The van der Waals surface area contributed by atoms with Crippen LogP contribution in [0.3, 0.4) is 0 Å². The third-order valence-corrected chi connectivity index (χ3v) is 3.20. The second-order valence-corrected chi connectivity index (χ2v) is 4.63. The third-order valence-electron chi connectivity index (χ3n) is 3.20. The standard InChI is InChI=1S/C9H19N7O3/c10-3-1-4(11)7(6(18)5(3)17)19-2-16-9(13)14-8(12)15-16/h3-7,17-18H,1-2,10-11H2,(H4,12,13,14,15)/t3-,4?,5+,6?,7+/m1/s1. The molecular formula is C9H19N7O3. The van der Waals surface area contributed by atoms with Gasteiger partial charge in [0.2, 0.25) is 11.9 Å². The fourth-order valence-electron chi connectivity index (χ4n) is 2.13. The van der Waals surface area contributed by atoms with Crippen molar-refractivity contribution in [3.05, 3.63) is 0 Å². The van der Waals surface area contributed by atoms with Crippen LogP contribution < -0.4 is 22.9 Å². The summed E-state index contributed by atoms with van der Waals surface area (Å²) >= 11 is 0. The van der Waals surface area contributed by atoms with E-state index in [0.717, 1.165) is 0 Å². The fourth-order valence-corrected chi connectivity index (χ4v) is 2.13. The first-order valence-corrected chi connectivity index (χ1v) is 5.85. The van der Waals surface area contributed by atoms with Gasteiger partial charge in [-0.15, -0.1) is 5.10 Å². The second kappa shape index (κ2) is 5.27. The first kappa shape index (κ1) is 14.0. The topological polar surface area (TPSA) is 184 Å². The molecule has 10 nitrogen and oxygen atoms in total. The van der Waals surface area contributed by atoms with Crippen LogP contribution in [-0.4, -0.2) is 55.4 Å². The van der Waals surface area contributed by atoms with Gasteiger partial charge in [-0.05, 0) is 6.42 Å². The van der Waals surface area contributed by atoms with E-state index in [1.807, 2.05) is 0 Å². The molecule has 1 heterocycles. The summed E-state index contributed by atoms with van der Waals surface area (Å²) in [6, 6.07) is -1.06. The quantitative estimate of drug-likeness (QED) is 0.326. The molecule has 0 aromatic carbocycles. The lowest BCUT2D eigenvalue weighted by molar-refractivity contribution is -0.142. The molecule has 1 fully saturated rings. The summed E-state index contributed by atoms with van der Waals surface area (Å²) in [5.74, 6) is 0.116. The monoisotopic (exact) mass is 273 g/mol. The summed E-state index contributed by atoms with van der Waals surface area (Å²) in [4.78, 5) is 3.70. The van der Waals surface area contributed by atoms with Gasteiger partial charge >= 0.3 is 0 Å². The van der Waals surface area contributed by atoms with Crippen molar-refractivity contribution in [3.8, 4) is 0 Å². The highest BCUT2D eigenvalue weighted by atomic mass is 16.5. The van der Waals surface area contributed by atoms with Gasteiger partial charge in [0.15, 0.2) is 0 Å². The van der Waals surface area contributed by atoms with Crippen molar-refractivity contribution in [1.29, 1.82) is 0 Å². The molecule has 1 aromatic heterocycles. The number of ether oxygens (including phenoxy) is 1. The molecule has 0 bridgehead atoms. The smallest absolute Gasteiger partial charge is 0.241 e. The van der Waals surface area contributed by atoms with Crippen LogP contribution in [0.1, 0.15) is 6.42 Å². The summed E-state index contributed by atoms with van der Waals surface area (Å²) in [6.07, 6.45) is -2.67. The number of nitrogen functional groups attached to an aromatic ring is 2. The highest BCUT2D eigenvalue weighted by Gasteiger charge is 2.41. The first-order chi connectivity index (χ1) is 8.90. The van der Waals surface area contributed by atoms with Crippen molar-refractivity contribution >= 4 is 11.9 Å². The summed E-state index contributed by atoms with van der Waals surface area (Å²) in [6.45, 7) is -0.0760. The molecule has 1 aliphatic carbocycles. The van der Waals surface area contributed by atoms with Gasteiger partial charge in [0.1, 0.15) is 18.9 Å². The van der Waals surface area contributed by atoms with Gasteiger partial charge in [-0.1, -0.05) is 0 Å². The number of anilines is 2. The van der Waals surface area contributed by atoms with Crippen molar-refractivity contribution < 1.29 is 14.9 Å². The molecule has 2 rings (SSSR count). The lowest BCUT2D eigenvalue weighted by Crippen LogP contribution is -2.62. The van der Waals surface area contributed by atoms with E-state index in [0.29, 0.717) is 6.42 Å². The number of nitrogens with two attached hydrogens (primary N) is 4. The molecule has 0 aliphatic heterocycles. The molecule has 2 unspecified atom stereocenters. The minimum atomic E-state index is -1.17. The van der Waals surface area contributed by atoms with Crippen LogP contribution in [0.5, 0.6) is 0 Å². The number of aromatic nitrogens is 3. The average molecular weight is 273 g/mol. The van der Waals surface area contributed by atoms with E-state index in [1.165, 1.54) is 4.68 Å². The SMILES string of the molecule is Nc1nc(N)n(CO[C@H]2C(N)C[C@@H](N)[C@H](O)C2O)n1. The Kier molecular flexibility index (Phi) is 3.87. The van der Waals surface area contributed by atoms with Gasteiger partial charge in [-0.25, -0.2) is 4.68 Å². The molecule has 0 amide bonds. The predicted molar refractivity (Wildman–Crippen MR) is 66.3 cm³/mol. The summed E-state index contributed by atoms with van der Waals surface area (Å²) in [5, 5.41) is 23.4. The Morgan fingerprint density at radius 1 is 1.21 bits per heavy atom. The van der Waals surface area contributed by atoms with Crippen LogP contribution in [0.25, 0.3) is 0 Å². The molecule has 0 spiro atoms. The number of nitrogens with zero attached hydrogens (tertiary/aromatic N) is 3. The van der Waals surface area contributed by atoms with Crippen LogP contribution in [0, 0.1) is 0 Å². The molecule has 19 heavy (non-hydrogen) atoms. The molecule has 0 saturated heterocycles. The Hall–Kier alpha value is -1.46. The summed E-state index contributed by atoms with van der Waals surface area (Å²) in [7, 11) is 0. The molecule has 108 valence electrons. The Balaban J connectivity index is 2.00. The number of aliphatic hydroxyl groups excluding tert-OH is 2. The van der Waals surface area contributed by atoms with Crippen molar-refractivity contribution in [3.63, 3.8) is 0 Å². The maximum absolute atomic E-state index is 9.89. The van der Waals surface area contributed by atoms with Crippen LogP contribution in [0.2, 0.25) is 0 Å². The Morgan fingerprint density at radius 2 is 1.89 bits per heavy atom. The normalized spacial score (nSPS) is 35.5. The Bertz CT molecular complexity index is 439. The number of hydrogen-bond acceptors (Lipinski definition) is 9. The fraction of sp³-hybridized carbons (Fsp3) is 0.778. The van der Waals surface area contributed by atoms with Crippen LogP contribution in [0.4, 0.5) is 11.9 Å².